The number of carbonyl (C=O) groups excluding carboxylic acids is 1. The van der Waals surface area contributed by atoms with Gasteiger partial charge in [-0.25, -0.2) is 4.98 Å². The fourth-order valence-corrected chi connectivity index (χ4v) is 4.27. The number of alkyl halides is 1. The van der Waals surface area contributed by atoms with E-state index >= 15 is 0 Å². The Morgan fingerprint density at radius 1 is 1.55 bits per heavy atom. The van der Waals surface area contributed by atoms with Crippen LogP contribution in [0.3, 0.4) is 0 Å². The molecule has 0 saturated carbocycles. The van der Waals surface area contributed by atoms with Crippen LogP contribution in [0.25, 0.3) is 0 Å². The monoisotopic (exact) mass is 296 g/mol. The highest BCUT2D eigenvalue weighted by Crippen LogP contribution is 2.46. The summed E-state index contributed by atoms with van der Waals surface area (Å²) in [7, 11) is 0. The lowest BCUT2D eigenvalue weighted by Gasteiger charge is -2.47. The van der Waals surface area contributed by atoms with Gasteiger partial charge < -0.3 is 9.64 Å². The zero-order valence-electron chi connectivity index (χ0n) is 11.1. The van der Waals surface area contributed by atoms with E-state index in [2.05, 4.69) is 4.98 Å². The number of pyridine rings is 1. The molecule has 4 nitrogen and oxygen atoms in total. The number of hydrogen-bond acceptors (Lipinski definition) is 4. The number of rotatable bonds is 4. The van der Waals surface area contributed by atoms with Crippen LogP contribution in [0, 0.1) is 0 Å². The van der Waals surface area contributed by atoms with Gasteiger partial charge in [-0.3, -0.25) is 9.18 Å². The van der Waals surface area contributed by atoms with Crippen molar-refractivity contribution in [2.75, 3.05) is 25.5 Å². The van der Waals surface area contributed by atoms with Crippen molar-refractivity contribution in [3.63, 3.8) is 0 Å². The predicted octanol–water partition coefficient (Wildman–Crippen LogP) is 1.91. The maximum atomic E-state index is 12.2. The lowest BCUT2D eigenvalue weighted by atomic mass is 9.92. The minimum Gasteiger partial charge on any atom is -0.473 e. The normalized spacial score (nSPS) is 23.6. The van der Waals surface area contributed by atoms with Crippen molar-refractivity contribution in [3.05, 3.63) is 24.4 Å². The average Bonchev–Trinajstić information content (AvgIpc) is 2.83. The molecule has 0 aliphatic carbocycles. The summed E-state index contributed by atoms with van der Waals surface area (Å²) in [6.07, 6.45) is 2.80. The Morgan fingerprint density at radius 3 is 3.10 bits per heavy atom. The molecule has 1 atom stereocenters. The topological polar surface area (TPSA) is 42.4 Å². The van der Waals surface area contributed by atoms with E-state index in [9.17, 15) is 9.18 Å². The van der Waals surface area contributed by atoms with Gasteiger partial charge in [0.25, 0.3) is 0 Å². The van der Waals surface area contributed by atoms with Gasteiger partial charge in [0.2, 0.25) is 11.8 Å². The number of hydrogen-bond donors (Lipinski definition) is 0. The van der Waals surface area contributed by atoms with E-state index in [-0.39, 0.29) is 23.2 Å². The van der Waals surface area contributed by atoms with Crippen molar-refractivity contribution in [2.45, 2.75) is 23.7 Å². The van der Waals surface area contributed by atoms with Gasteiger partial charge in [0.05, 0.1) is 17.8 Å². The molecule has 1 amide bonds. The zero-order valence-corrected chi connectivity index (χ0v) is 11.9. The summed E-state index contributed by atoms with van der Waals surface area (Å²) in [6, 6.07) is 5.62. The number of aromatic nitrogens is 1. The van der Waals surface area contributed by atoms with Gasteiger partial charge >= 0.3 is 0 Å². The van der Waals surface area contributed by atoms with Crippen LogP contribution in [0.5, 0.6) is 5.88 Å². The Balaban J connectivity index is 1.50. The molecule has 0 bridgehead atoms. The van der Waals surface area contributed by atoms with Crippen LogP contribution in [-0.4, -0.2) is 52.2 Å². The van der Waals surface area contributed by atoms with Crippen LogP contribution >= 0.6 is 11.8 Å². The standard InChI is InChI=1S/C14H17FN2O2S/c15-5-4-13(18)17-9-14(10-17)7-11(8-20-14)19-12-3-1-2-6-16-12/h1-3,6,11H,4-5,7-10H2/t11-/m1/s1. The van der Waals surface area contributed by atoms with E-state index in [4.69, 9.17) is 4.74 Å². The van der Waals surface area contributed by atoms with Crippen LogP contribution in [-0.2, 0) is 4.79 Å². The Morgan fingerprint density at radius 2 is 2.40 bits per heavy atom. The molecule has 1 spiro atoms. The molecule has 1 aromatic heterocycles. The number of ether oxygens (including phenoxy) is 1. The maximum absolute atomic E-state index is 12.2. The van der Waals surface area contributed by atoms with Gasteiger partial charge in [0, 0.05) is 37.5 Å². The van der Waals surface area contributed by atoms with Gasteiger partial charge in [-0.1, -0.05) is 6.07 Å². The van der Waals surface area contributed by atoms with Crippen LogP contribution in [0.4, 0.5) is 4.39 Å². The summed E-state index contributed by atoms with van der Waals surface area (Å²) >= 11 is 1.86. The van der Waals surface area contributed by atoms with Crippen molar-refractivity contribution < 1.29 is 13.9 Å². The molecule has 6 heteroatoms. The van der Waals surface area contributed by atoms with Gasteiger partial charge in [-0.05, 0) is 6.07 Å². The molecule has 0 N–H and O–H groups in total. The first-order chi connectivity index (χ1) is 9.71. The SMILES string of the molecule is O=C(CCF)N1CC2(C[C@@H](Oc3ccccn3)CS2)C1. The third kappa shape index (κ3) is 2.75. The molecule has 2 aliphatic heterocycles. The average molecular weight is 296 g/mol. The smallest absolute Gasteiger partial charge is 0.225 e. The van der Waals surface area contributed by atoms with Gasteiger partial charge in [0.15, 0.2) is 0 Å². The molecule has 20 heavy (non-hydrogen) atoms. The van der Waals surface area contributed by atoms with Crippen molar-refractivity contribution in [1.29, 1.82) is 0 Å². The minimum atomic E-state index is -0.569. The second kappa shape index (κ2) is 5.60. The van der Waals surface area contributed by atoms with Crippen LogP contribution < -0.4 is 4.74 Å². The molecule has 0 aromatic carbocycles. The molecule has 3 heterocycles. The van der Waals surface area contributed by atoms with E-state index in [1.165, 1.54) is 0 Å². The van der Waals surface area contributed by atoms with Gasteiger partial charge in [-0.15, -0.1) is 11.8 Å². The van der Waals surface area contributed by atoms with Crippen LogP contribution in [0.2, 0.25) is 0 Å². The molecule has 2 aliphatic rings. The van der Waals surface area contributed by atoms with E-state index in [1.54, 1.807) is 11.1 Å². The zero-order chi connectivity index (χ0) is 14.0. The highest BCUT2D eigenvalue weighted by molar-refractivity contribution is 8.01. The first-order valence-electron chi connectivity index (χ1n) is 6.76. The number of halogens is 1. The third-order valence-corrected chi connectivity index (χ3v) is 5.30. The fraction of sp³-hybridized carbons (Fsp3) is 0.571. The second-order valence-corrected chi connectivity index (χ2v) is 6.78. The Kier molecular flexibility index (Phi) is 3.83. The van der Waals surface area contributed by atoms with Crippen molar-refractivity contribution in [1.82, 2.24) is 9.88 Å². The first-order valence-corrected chi connectivity index (χ1v) is 7.75. The molecular formula is C14H17FN2O2S. The van der Waals surface area contributed by atoms with Crippen LogP contribution in [0.1, 0.15) is 12.8 Å². The maximum Gasteiger partial charge on any atom is 0.225 e. The number of likely N-dealkylation sites (tertiary alicyclic amines) is 1. The number of thioether (sulfide) groups is 1. The molecule has 0 unspecified atom stereocenters. The largest absolute Gasteiger partial charge is 0.473 e. The van der Waals surface area contributed by atoms with E-state index < -0.39 is 6.67 Å². The molecule has 3 rings (SSSR count). The summed E-state index contributed by atoms with van der Waals surface area (Å²) in [6.45, 7) is 0.873. The highest BCUT2D eigenvalue weighted by Gasteiger charge is 2.51. The van der Waals surface area contributed by atoms with Crippen molar-refractivity contribution in [2.24, 2.45) is 0 Å². The molecule has 108 valence electrons. The number of amides is 1. The Hall–Kier alpha value is -1.30. The second-order valence-electron chi connectivity index (χ2n) is 5.29. The molecule has 2 saturated heterocycles. The predicted molar refractivity (Wildman–Crippen MR) is 75.6 cm³/mol. The van der Waals surface area contributed by atoms with Crippen molar-refractivity contribution in [3.8, 4) is 5.88 Å². The van der Waals surface area contributed by atoms with Crippen LogP contribution in [0.15, 0.2) is 24.4 Å². The Bertz CT molecular complexity index is 479. The number of carbonyl (C=O) groups is 1. The van der Waals surface area contributed by atoms with Gasteiger partial charge in [0.1, 0.15) is 6.10 Å². The van der Waals surface area contributed by atoms with E-state index in [0.717, 1.165) is 25.3 Å². The molecule has 2 fully saturated rings. The highest BCUT2D eigenvalue weighted by atomic mass is 32.2. The summed E-state index contributed by atoms with van der Waals surface area (Å²) in [5.74, 6) is 1.49. The van der Waals surface area contributed by atoms with Crippen molar-refractivity contribution >= 4 is 17.7 Å². The van der Waals surface area contributed by atoms with Gasteiger partial charge in [-0.2, -0.15) is 0 Å². The summed E-state index contributed by atoms with van der Waals surface area (Å²) in [4.78, 5) is 17.5. The van der Waals surface area contributed by atoms with E-state index in [1.807, 2.05) is 30.0 Å². The third-order valence-electron chi connectivity index (χ3n) is 3.72. The molecular weight excluding hydrogens is 279 g/mol. The summed E-state index contributed by atoms with van der Waals surface area (Å²) in [5.41, 5.74) is 0. The minimum absolute atomic E-state index is 0.00854. The lowest BCUT2D eigenvalue weighted by molar-refractivity contribution is -0.136. The molecule has 0 radical (unpaired) electrons. The molecule has 1 aromatic rings. The Labute approximate surface area is 121 Å². The number of nitrogens with zero attached hydrogens (tertiary/aromatic N) is 2. The first kappa shape index (κ1) is 13.7. The summed E-state index contributed by atoms with van der Waals surface area (Å²) in [5, 5.41) is 0. The summed E-state index contributed by atoms with van der Waals surface area (Å²) < 4.78 is 18.1. The van der Waals surface area contributed by atoms with E-state index in [0.29, 0.717) is 5.88 Å². The lowest BCUT2D eigenvalue weighted by Crippen LogP contribution is -2.60. The quantitative estimate of drug-likeness (QED) is 0.851. The fourth-order valence-electron chi connectivity index (χ4n) is 2.75.